The number of hydrogen-bond acceptors (Lipinski definition) is 4. The van der Waals surface area contributed by atoms with Gasteiger partial charge in [0.15, 0.2) is 5.78 Å². The van der Waals surface area contributed by atoms with Gasteiger partial charge >= 0.3 is 5.97 Å². The van der Waals surface area contributed by atoms with E-state index in [4.69, 9.17) is 9.47 Å². The third-order valence-corrected chi connectivity index (χ3v) is 3.39. The highest BCUT2D eigenvalue weighted by atomic mass is 16.5. The molecular weight excluding hydrogens is 328 g/mol. The van der Waals surface area contributed by atoms with Gasteiger partial charge in [-0.15, -0.1) is 0 Å². The summed E-state index contributed by atoms with van der Waals surface area (Å²) in [5.74, 6) is -0.493. The van der Waals surface area contributed by atoms with Gasteiger partial charge in [0.05, 0.1) is 13.2 Å². The Morgan fingerprint density at radius 2 is 1.35 bits per heavy atom. The molecule has 0 saturated carbocycles. The number of carbonyl (C=O) groups excluding carboxylic acids is 2. The molecule has 4 heteroatoms. The third-order valence-electron chi connectivity index (χ3n) is 3.39. The van der Waals surface area contributed by atoms with Crippen LogP contribution in [0.2, 0.25) is 0 Å². The first-order valence-corrected chi connectivity index (χ1v) is 8.47. The smallest absolute Gasteiger partial charge is 0.330 e. The van der Waals surface area contributed by atoms with Crippen molar-refractivity contribution in [3.63, 3.8) is 0 Å². The molecule has 2 aromatic rings. The summed E-state index contributed by atoms with van der Waals surface area (Å²) in [5, 5.41) is 0. The molecule has 26 heavy (non-hydrogen) atoms. The van der Waals surface area contributed by atoms with Gasteiger partial charge in [-0.05, 0) is 23.3 Å². The van der Waals surface area contributed by atoms with Crippen LogP contribution in [-0.2, 0) is 19.1 Å². The van der Waals surface area contributed by atoms with Crippen molar-refractivity contribution in [2.75, 3.05) is 19.8 Å². The zero-order valence-electron chi connectivity index (χ0n) is 14.5. The van der Waals surface area contributed by atoms with Gasteiger partial charge in [-0.2, -0.15) is 0 Å². The second-order valence-corrected chi connectivity index (χ2v) is 5.53. The highest BCUT2D eigenvalue weighted by Crippen LogP contribution is 2.02. The van der Waals surface area contributed by atoms with E-state index in [0.29, 0.717) is 13.0 Å². The highest BCUT2D eigenvalue weighted by molar-refractivity contribution is 5.94. The van der Waals surface area contributed by atoms with Gasteiger partial charge in [0.1, 0.15) is 6.61 Å². The van der Waals surface area contributed by atoms with E-state index in [1.54, 1.807) is 12.2 Å². The Hall–Kier alpha value is -2.98. The zero-order chi connectivity index (χ0) is 18.5. The summed E-state index contributed by atoms with van der Waals surface area (Å²) in [6.07, 6.45) is 6.90. The summed E-state index contributed by atoms with van der Waals surface area (Å²) in [6, 6.07) is 19.1. The molecule has 2 aromatic carbocycles. The number of ketones is 1. The molecule has 0 atom stereocenters. The van der Waals surface area contributed by atoms with Crippen LogP contribution in [0.15, 0.2) is 72.8 Å². The molecule has 0 heterocycles. The van der Waals surface area contributed by atoms with Crippen molar-refractivity contribution in [2.24, 2.45) is 0 Å². The van der Waals surface area contributed by atoms with Crippen LogP contribution in [0, 0.1) is 0 Å². The van der Waals surface area contributed by atoms with Crippen LogP contribution >= 0.6 is 0 Å². The predicted octanol–water partition coefficient (Wildman–Crippen LogP) is 3.93. The fourth-order valence-electron chi connectivity index (χ4n) is 2.08. The van der Waals surface area contributed by atoms with E-state index in [-0.39, 0.29) is 19.0 Å². The molecule has 4 nitrogen and oxygen atoms in total. The van der Waals surface area contributed by atoms with Crippen molar-refractivity contribution >= 4 is 23.9 Å². The first-order chi connectivity index (χ1) is 12.7. The molecule has 0 aromatic heterocycles. The minimum absolute atomic E-state index is 0.0190. The largest absolute Gasteiger partial charge is 0.462 e. The summed E-state index contributed by atoms with van der Waals surface area (Å²) in [5.41, 5.74) is 1.91. The van der Waals surface area contributed by atoms with Crippen molar-refractivity contribution in [1.82, 2.24) is 0 Å². The fourth-order valence-corrected chi connectivity index (χ4v) is 2.08. The monoisotopic (exact) mass is 350 g/mol. The van der Waals surface area contributed by atoms with E-state index >= 15 is 0 Å². The van der Waals surface area contributed by atoms with Gasteiger partial charge in [0, 0.05) is 12.5 Å². The average molecular weight is 350 g/mol. The fraction of sp³-hybridized carbons (Fsp3) is 0.182. The Balaban J connectivity index is 1.53. The Morgan fingerprint density at radius 1 is 0.769 bits per heavy atom. The van der Waals surface area contributed by atoms with Crippen LogP contribution in [0.4, 0.5) is 0 Å². The maximum atomic E-state index is 11.7. The molecule has 2 rings (SSSR count). The van der Waals surface area contributed by atoms with E-state index in [2.05, 4.69) is 0 Å². The number of carbonyl (C=O) groups is 2. The van der Waals surface area contributed by atoms with Gasteiger partial charge in [-0.25, -0.2) is 4.79 Å². The summed E-state index contributed by atoms with van der Waals surface area (Å²) in [6.45, 7) is 0.637. The van der Waals surface area contributed by atoms with Gasteiger partial charge in [-0.3, -0.25) is 4.79 Å². The van der Waals surface area contributed by atoms with Crippen LogP contribution in [0.25, 0.3) is 12.2 Å². The summed E-state index contributed by atoms with van der Waals surface area (Å²) >= 11 is 0. The van der Waals surface area contributed by atoms with Crippen LogP contribution < -0.4 is 0 Å². The zero-order valence-corrected chi connectivity index (χ0v) is 14.5. The standard InChI is InChI=1S/C22H22O4/c23-21(14-12-19-8-3-1-4-9-19)18-25-16-7-17-26-22(24)15-13-20-10-5-2-6-11-20/h1-6,8-15H,7,16-18H2/b14-12+,15-13+. The minimum Gasteiger partial charge on any atom is -0.462 e. The van der Waals surface area contributed by atoms with Crippen LogP contribution in [-0.4, -0.2) is 31.6 Å². The molecule has 0 radical (unpaired) electrons. The lowest BCUT2D eigenvalue weighted by Gasteiger charge is -2.03. The second kappa shape index (κ2) is 11.6. The maximum Gasteiger partial charge on any atom is 0.330 e. The van der Waals surface area contributed by atoms with E-state index in [1.165, 1.54) is 12.2 Å². The number of hydrogen-bond donors (Lipinski definition) is 0. The van der Waals surface area contributed by atoms with Crippen molar-refractivity contribution in [2.45, 2.75) is 6.42 Å². The summed E-state index contributed by atoms with van der Waals surface area (Å²) in [7, 11) is 0. The molecule has 0 saturated heterocycles. The van der Waals surface area contributed by atoms with Crippen molar-refractivity contribution < 1.29 is 19.1 Å². The Labute approximate surface area is 153 Å². The quantitative estimate of drug-likeness (QED) is 0.370. The lowest BCUT2D eigenvalue weighted by molar-refractivity contribution is -0.138. The van der Waals surface area contributed by atoms with Crippen molar-refractivity contribution in [1.29, 1.82) is 0 Å². The molecule has 0 aliphatic carbocycles. The third kappa shape index (κ3) is 8.22. The van der Waals surface area contributed by atoms with E-state index in [9.17, 15) is 9.59 Å². The SMILES string of the molecule is O=C(/C=C/c1ccccc1)COCCCOC(=O)/C=C/c1ccccc1. The summed E-state index contributed by atoms with van der Waals surface area (Å²) in [4.78, 5) is 23.2. The van der Waals surface area contributed by atoms with Gasteiger partial charge in [0.2, 0.25) is 0 Å². The maximum absolute atomic E-state index is 11.7. The van der Waals surface area contributed by atoms with Crippen LogP contribution in [0.1, 0.15) is 17.5 Å². The first-order valence-electron chi connectivity index (χ1n) is 8.47. The average Bonchev–Trinajstić information content (AvgIpc) is 2.69. The van der Waals surface area contributed by atoms with Gasteiger partial charge in [-0.1, -0.05) is 66.7 Å². The molecule has 0 aliphatic rings. The van der Waals surface area contributed by atoms with E-state index in [1.807, 2.05) is 60.7 Å². The second-order valence-electron chi connectivity index (χ2n) is 5.53. The molecule has 0 spiro atoms. The molecular formula is C22H22O4. The Kier molecular flexibility index (Phi) is 8.60. The number of esters is 1. The highest BCUT2D eigenvalue weighted by Gasteiger charge is 1.99. The number of benzene rings is 2. The number of ether oxygens (including phenoxy) is 2. The van der Waals surface area contributed by atoms with Crippen molar-refractivity contribution in [3.05, 3.63) is 83.9 Å². The lowest BCUT2D eigenvalue weighted by Crippen LogP contribution is -2.09. The lowest BCUT2D eigenvalue weighted by atomic mass is 10.2. The van der Waals surface area contributed by atoms with E-state index in [0.717, 1.165) is 11.1 Å². The first kappa shape index (κ1) is 19.3. The van der Waals surface area contributed by atoms with Crippen molar-refractivity contribution in [3.8, 4) is 0 Å². The minimum atomic E-state index is -0.393. The normalized spacial score (nSPS) is 11.1. The molecule has 0 amide bonds. The van der Waals surface area contributed by atoms with Gasteiger partial charge in [0.25, 0.3) is 0 Å². The topological polar surface area (TPSA) is 52.6 Å². The molecule has 0 aliphatic heterocycles. The molecule has 134 valence electrons. The van der Waals surface area contributed by atoms with Crippen LogP contribution in [0.3, 0.4) is 0 Å². The Morgan fingerprint density at radius 3 is 1.96 bits per heavy atom. The predicted molar refractivity (Wildman–Crippen MR) is 102 cm³/mol. The molecule has 0 fully saturated rings. The Bertz CT molecular complexity index is 668. The summed E-state index contributed by atoms with van der Waals surface area (Å²) < 4.78 is 10.4. The van der Waals surface area contributed by atoms with E-state index < -0.39 is 5.97 Å². The molecule has 0 N–H and O–H groups in total. The molecule has 0 bridgehead atoms. The van der Waals surface area contributed by atoms with Gasteiger partial charge < -0.3 is 9.47 Å². The molecule has 0 unspecified atom stereocenters. The number of rotatable bonds is 10. The van der Waals surface area contributed by atoms with Crippen LogP contribution in [0.5, 0.6) is 0 Å².